The van der Waals surface area contributed by atoms with E-state index in [1.165, 1.54) is 23.1 Å². The molecule has 26 heavy (non-hydrogen) atoms. The molecule has 0 spiro atoms. The molecule has 0 unspecified atom stereocenters. The lowest BCUT2D eigenvalue weighted by atomic mass is 10.2. The Morgan fingerprint density at radius 3 is 2.69 bits per heavy atom. The van der Waals surface area contributed by atoms with Crippen molar-refractivity contribution in [1.29, 1.82) is 0 Å². The molecule has 0 fully saturated rings. The zero-order chi connectivity index (χ0) is 19.4. The molecule has 2 heterocycles. The second-order valence-corrected chi connectivity index (χ2v) is 8.87. The van der Waals surface area contributed by atoms with Gasteiger partial charge in [-0.3, -0.25) is 14.2 Å². The van der Waals surface area contributed by atoms with Crippen LogP contribution < -0.4 is 5.56 Å². The Morgan fingerprint density at radius 2 is 2.08 bits per heavy atom. The molecule has 2 rings (SSSR count). The minimum atomic E-state index is -0.311. The van der Waals surface area contributed by atoms with Crippen LogP contribution in [0.25, 0.3) is 10.2 Å². The van der Waals surface area contributed by atoms with Gasteiger partial charge in [-0.05, 0) is 39.7 Å². The molecule has 0 saturated heterocycles. The number of hydrogen-bond donors (Lipinski definition) is 0. The van der Waals surface area contributed by atoms with Gasteiger partial charge in [0.05, 0.1) is 10.6 Å². The standard InChI is InChI=1S/C18H27N3O3S2/c1-7-24-10-8-9-21-17(23)14-11(2)12(3)25-15(14)19-18(21)26-13(4)16(22)20(5)6/h13H,7-10H2,1-6H3/t13-/m0/s1. The number of carbonyl (C=O) groups excluding carboxylic acids is 1. The van der Waals surface area contributed by atoms with Gasteiger partial charge in [0.15, 0.2) is 5.16 Å². The van der Waals surface area contributed by atoms with Crippen molar-refractivity contribution in [2.24, 2.45) is 0 Å². The molecule has 6 nitrogen and oxygen atoms in total. The number of aryl methyl sites for hydroxylation is 2. The summed E-state index contributed by atoms with van der Waals surface area (Å²) in [5.74, 6) is 0.00347. The third kappa shape index (κ3) is 4.47. The van der Waals surface area contributed by atoms with Crippen molar-refractivity contribution in [2.45, 2.75) is 51.1 Å². The highest BCUT2D eigenvalue weighted by Crippen LogP contribution is 2.30. The monoisotopic (exact) mass is 397 g/mol. The molecule has 1 atom stereocenters. The number of aromatic nitrogens is 2. The Hall–Kier alpha value is -1.38. The Morgan fingerprint density at radius 1 is 1.38 bits per heavy atom. The molecule has 0 saturated carbocycles. The molecule has 1 amide bonds. The van der Waals surface area contributed by atoms with Crippen molar-refractivity contribution in [1.82, 2.24) is 14.5 Å². The molecule has 0 aliphatic heterocycles. The second kappa shape index (κ2) is 9.01. The molecule has 8 heteroatoms. The second-order valence-electron chi connectivity index (χ2n) is 6.36. The lowest BCUT2D eigenvalue weighted by molar-refractivity contribution is -0.127. The van der Waals surface area contributed by atoms with Gasteiger partial charge in [0.1, 0.15) is 4.83 Å². The van der Waals surface area contributed by atoms with E-state index in [0.29, 0.717) is 30.3 Å². The van der Waals surface area contributed by atoms with Gasteiger partial charge in [0.25, 0.3) is 5.56 Å². The van der Waals surface area contributed by atoms with Gasteiger partial charge in [-0.2, -0.15) is 0 Å². The molecular weight excluding hydrogens is 370 g/mol. The Kier molecular flexibility index (Phi) is 7.25. The van der Waals surface area contributed by atoms with Crippen molar-refractivity contribution < 1.29 is 9.53 Å². The number of hydrogen-bond acceptors (Lipinski definition) is 6. The molecule has 2 aromatic rings. The molecule has 0 aromatic carbocycles. The van der Waals surface area contributed by atoms with Crippen molar-refractivity contribution in [3.05, 3.63) is 20.8 Å². The quantitative estimate of drug-likeness (QED) is 0.389. The molecule has 0 N–H and O–H groups in total. The summed E-state index contributed by atoms with van der Waals surface area (Å²) in [6.45, 7) is 9.55. The predicted molar refractivity (Wildman–Crippen MR) is 108 cm³/mol. The zero-order valence-electron chi connectivity index (χ0n) is 16.3. The first-order chi connectivity index (χ1) is 12.3. The van der Waals surface area contributed by atoms with E-state index < -0.39 is 0 Å². The van der Waals surface area contributed by atoms with E-state index >= 15 is 0 Å². The Labute approximate surface area is 162 Å². The SMILES string of the molecule is CCOCCCn1c(S[C@@H](C)C(=O)N(C)C)nc2sc(C)c(C)c2c1=O. The first-order valence-corrected chi connectivity index (χ1v) is 10.4. The molecule has 0 aliphatic rings. The van der Waals surface area contributed by atoms with Crippen LogP contribution in [0.3, 0.4) is 0 Å². The third-order valence-electron chi connectivity index (χ3n) is 4.20. The number of carbonyl (C=O) groups is 1. The van der Waals surface area contributed by atoms with E-state index in [0.717, 1.165) is 21.7 Å². The molecular formula is C18H27N3O3S2. The normalized spacial score (nSPS) is 12.5. The van der Waals surface area contributed by atoms with Crippen LogP contribution in [0.5, 0.6) is 0 Å². The summed E-state index contributed by atoms with van der Waals surface area (Å²) >= 11 is 2.87. The zero-order valence-corrected chi connectivity index (χ0v) is 17.9. The average molecular weight is 398 g/mol. The van der Waals surface area contributed by atoms with Gasteiger partial charge in [0, 0.05) is 38.7 Å². The molecule has 0 radical (unpaired) electrons. The fourth-order valence-electron chi connectivity index (χ4n) is 2.64. The maximum atomic E-state index is 13.1. The highest BCUT2D eigenvalue weighted by atomic mass is 32.2. The Balaban J connectivity index is 2.44. The largest absolute Gasteiger partial charge is 0.382 e. The van der Waals surface area contributed by atoms with Gasteiger partial charge in [-0.15, -0.1) is 11.3 Å². The number of fused-ring (bicyclic) bond motifs is 1. The van der Waals surface area contributed by atoms with E-state index in [4.69, 9.17) is 9.72 Å². The summed E-state index contributed by atoms with van der Waals surface area (Å²) < 4.78 is 7.10. The van der Waals surface area contributed by atoms with E-state index in [2.05, 4.69) is 0 Å². The Bertz CT molecular complexity index is 842. The van der Waals surface area contributed by atoms with Crippen LogP contribution in [0.2, 0.25) is 0 Å². The maximum absolute atomic E-state index is 13.1. The lowest BCUT2D eigenvalue weighted by Crippen LogP contribution is -2.31. The van der Waals surface area contributed by atoms with Crippen LogP contribution in [0.1, 0.15) is 30.7 Å². The number of amides is 1. The summed E-state index contributed by atoms with van der Waals surface area (Å²) in [5.41, 5.74) is 0.968. The topological polar surface area (TPSA) is 64.4 Å². The molecule has 0 aliphatic carbocycles. The number of thiophene rings is 1. The summed E-state index contributed by atoms with van der Waals surface area (Å²) in [7, 11) is 3.47. The summed E-state index contributed by atoms with van der Waals surface area (Å²) in [5, 5.41) is 0.984. The van der Waals surface area contributed by atoms with Crippen molar-refractivity contribution >= 4 is 39.2 Å². The van der Waals surface area contributed by atoms with Gasteiger partial charge >= 0.3 is 0 Å². The van der Waals surface area contributed by atoms with E-state index in [1.807, 2.05) is 27.7 Å². The average Bonchev–Trinajstić information content (AvgIpc) is 2.87. The van der Waals surface area contributed by atoms with Gasteiger partial charge < -0.3 is 9.64 Å². The van der Waals surface area contributed by atoms with Crippen LogP contribution in [0, 0.1) is 13.8 Å². The first kappa shape index (κ1) is 20.9. The first-order valence-electron chi connectivity index (χ1n) is 8.74. The van der Waals surface area contributed by atoms with Crippen molar-refractivity contribution in [3.8, 4) is 0 Å². The van der Waals surface area contributed by atoms with E-state index in [-0.39, 0.29) is 16.7 Å². The minimum absolute atomic E-state index is 0.00347. The lowest BCUT2D eigenvalue weighted by Gasteiger charge is -2.18. The van der Waals surface area contributed by atoms with E-state index in [9.17, 15) is 9.59 Å². The van der Waals surface area contributed by atoms with Gasteiger partial charge in [-0.25, -0.2) is 4.98 Å². The number of thioether (sulfide) groups is 1. The van der Waals surface area contributed by atoms with Crippen LogP contribution in [0.4, 0.5) is 0 Å². The van der Waals surface area contributed by atoms with Gasteiger partial charge in [0.2, 0.25) is 5.91 Å². The summed E-state index contributed by atoms with van der Waals surface area (Å²) in [6.07, 6.45) is 0.729. The van der Waals surface area contributed by atoms with Crippen LogP contribution in [-0.4, -0.2) is 52.9 Å². The van der Waals surface area contributed by atoms with Crippen LogP contribution in [-0.2, 0) is 16.1 Å². The van der Waals surface area contributed by atoms with Crippen molar-refractivity contribution in [3.63, 3.8) is 0 Å². The summed E-state index contributed by atoms with van der Waals surface area (Å²) in [4.78, 5) is 33.5. The molecule has 144 valence electrons. The smallest absolute Gasteiger partial charge is 0.263 e. The maximum Gasteiger partial charge on any atom is 0.263 e. The molecule has 0 bridgehead atoms. The third-order valence-corrected chi connectivity index (χ3v) is 6.38. The fourth-order valence-corrected chi connectivity index (χ4v) is 4.79. The fraction of sp³-hybridized carbons (Fsp3) is 0.611. The summed E-state index contributed by atoms with van der Waals surface area (Å²) in [6, 6.07) is 0. The number of ether oxygens (including phenoxy) is 1. The predicted octanol–water partition coefficient (Wildman–Crippen LogP) is 3.07. The molecule has 2 aromatic heterocycles. The van der Waals surface area contributed by atoms with Crippen molar-refractivity contribution in [2.75, 3.05) is 27.3 Å². The number of rotatable bonds is 8. The van der Waals surface area contributed by atoms with E-state index in [1.54, 1.807) is 23.6 Å². The minimum Gasteiger partial charge on any atom is -0.382 e. The van der Waals surface area contributed by atoms with Crippen LogP contribution in [0.15, 0.2) is 9.95 Å². The number of nitrogens with zero attached hydrogens (tertiary/aromatic N) is 3. The van der Waals surface area contributed by atoms with Crippen LogP contribution >= 0.6 is 23.1 Å². The highest BCUT2D eigenvalue weighted by Gasteiger charge is 2.22. The van der Waals surface area contributed by atoms with Gasteiger partial charge in [-0.1, -0.05) is 11.8 Å². The highest BCUT2D eigenvalue weighted by molar-refractivity contribution is 8.00.